The van der Waals surface area contributed by atoms with Crippen LogP contribution in [0, 0.1) is 0 Å². The number of carboxylic acids is 1. The summed E-state index contributed by atoms with van der Waals surface area (Å²) in [6.07, 6.45) is -6.66. The molecule has 0 unspecified atom stereocenters. The maximum Gasteiger partial charge on any atom is 0.303 e. The Labute approximate surface area is 362 Å². The molecule has 2 fully saturated rings. The van der Waals surface area contributed by atoms with Gasteiger partial charge in [-0.2, -0.15) is 0 Å². The van der Waals surface area contributed by atoms with Gasteiger partial charge in [-0.05, 0) is 71.6 Å². The van der Waals surface area contributed by atoms with E-state index in [0.29, 0.717) is 77.3 Å². The first-order valence-electron chi connectivity index (χ1n) is 21.7. The lowest BCUT2D eigenvalue weighted by atomic mass is 10.0. The van der Waals surface area contributed by atoms with Gasteiger partial charge in [-0.15, -0.1) is 0 Å². The molecule has 0 aromatic rings. The van der Waals surface area contributed by atoms with Crippen molar-refractivity contribution in [2.75, 3.05) is 39.4 Å². The number of carbonyl (C=O) groups is 6. The second-order valence-electron chi connectivity index (χ2n) is 15.7. The highest BCUT2D eigenvalue weighted by atomic mass is 16.7. The third-order valence-corrected chi connectivity index (χ3v) is 10.4. The number of aliphatic carboxylic acids is 1. The first kappa shape index (κ1) is 54.6. The van der Waals surface area contributed by atoms with Crippen LogP contribution in [0.3, 0.4) is 0 Å². The van der Waals surface area contributed by atoms with Crippen LogP contribution >= 0.6 is 0 Å². The third-order valence-electron chi connectivity index (χ3n) is 10.4. The van der Waals surface area contributed by atoms with Crippen molar-refractivity contribution in [1.29, 1.82) is 0 Å². The van der Waals surface area contributed by atoms with Crippen molar-refractivity contribution in [3.8, 4) is 0 Å². The van der Waals surface area contributed by atoms with Gasteiger partial charge in [0.05, 0.1) is 25.4 Å². The molecule has 2 rings (SSSR count). The van der Waals surface area contributed by atoms with Gasteiger partial charge in [0, 0.05) is 58.3 Å². The minimum absolute atomic E-state index is 0.00834. The van der Waals surface area contributed by atoms with Crippen LogP contribution in [0.15, 0.2) is 0 Å². The molecule has 2 aliphatic rings. The standard InChI is InChI=1S/C40H71N5O17/c1-24-32(52)34(54)36(56)39(61-24)59-22-20-42-28(47)14-6-5-13-27(46)41-18-11-9-12-26(38(58)44-19-10-3-4-17-31(50)51)45-30(49)16-8-7-15-29(48)43-21-23-60-40-37(57)35(55)33(53)25(2)62-40/h24-26,32-37,39-40,52-57H,3-23H2,1-2H3,(H,41,46)(H,42,47)(H,43,48)(H,44,58)(H,45,49)(H,50,51)/t24-,25-,26-,32+,33+,34+,35+,36-,37-,39+,40+/m0/s1. The lowest BCUT2D eigenvalue weighted by molar-refractivity contribution is -0.292. The number of carboxylic acid groups (broad SMARTS) is 1. The molecule has 2 saturated heterocycles. The molecule has 11 atom stereocenters. The highest BCUT2D eigenvalue weighted by Crippen LogP contribution is 2.22. The summed E-state index contributed by atoms with van der Waals surface area (Å²) in [4.78, 5) is 73.3. The van der Waals surface area contributed by atoms with Crippen LogP contribution in [0.2, 0.25) is 0 Å². The van der Waals surface area contributed by atoms with Crippen LogP contribution in [0.5, 0.6) is 0 Å². The highest BCUT2D eigenvalue weighted by Gasteiger charge is 2.43. The van der Waals surface area contributed by atoms with E-state index in [2.05, 4.69) is 26.6 Å². The van der Waals surface area contributed by atoms with E-state index in [0.717, 1.165) is 0 Å². The number of aliphatic hydroxyl groups is 6. The average Bonchev–Trinajstić information content (AvgIpc) is 3.23. The molecular weight excluding hydrogens is 822 g/mol. The van der Waals surface area contributed by atoms with E-state index in [1.54, 1.807) is 0 Å². The zero-order valence-electron chi connectivity index (χ0n) is 35.9. The molecule has 0 aliphatic carbocycles. The number of rotatable bonds is 31. The van der Waals surface area contributed by atoms with Crippen molar-refractivity contribution < 1.29 is 83.5 Å². The Balaban J connectivity index is 1.62. The largest absolute Gasteiger partial charge is 0.481 e. The van der Waals surface area contributed by atoms with E-state index < -0.39 is 73.4 Å². The number of aliphatic hydroxyl groups excluding tert-OH is 6. The summed E-state index contributed by atoms with van der Waals surface area (Å²) in [6.45, 7) is 3.95. The second kappa shape index (κ2) is 30.5. The Morgan fingerprint density at radius 1 is 0.484 bits per heavy atom. The van der Waals surface area contributed by atoms with Crippen molar-refractivity contribution >= 4 is 35.5 Å². The van der Waals surface area contributed by atoms with Crippen molar-refractivity contribution in [1.82, 2.24) is 26.6 Å². The Morgan fingerprint density at radius 2 is 0.887 bits per heavy atom. The van der Waals surface area contributed by atoms with E-state index in [-0.39, 0.29) is 87.9 Å². The van der Waals surface area contributed by atoms with E-state index in [1.807, 2.05) is 0 Å². The Hall–Kier alpha value is -3.58. The molecule has 22 heteroatoms. The molecule has 12 N–H and O–H groups in total. The maximum absolute atomic E-state index is 13.0. The zero-order valence-corrected chi connectivity index (χ0v) is 35.9. The normalized spacial score (nSPS) is 26.5. The van der Waals surface area contributed by atoms with Gasteiger partial charge in [-0.25, -0.2) is 0 Å². The highest BCUT2D eigenvalue weighted by molar-refractivity contribution is 5.87. The zero-order chi connectivity index (χ0) is 46.0. The fourth-order valence-electron chi connectivity index (χ4n) is 6.59. The number of hydrogen-bond acceptors (Lipinski definition) is 16. The summed E-state index contributed by atoms with van der Waals surface area (Å²) < 4.78 is 21.5. The van der Waals surface area contributed by atoms with Gasteiger partial charge in [0.25, 0.3) is 0 Å². The minimum atomic E-state index is -1.45. The lowest BCUT2D eigenvalue weighted by Crippen LogP contribution is -2.57. The quantitative estimate of drug-likeness (QED) is 0.0322. The van der Waals surface area contributed by atoms with E-state index in [9.17, 15) is 59.4 Å². The summed E-state index contributed by atoms with van der Waals surface area (Å²) in [5.74, 6) is -2.35. The molecule has 0 bridgehead atoms. The third kappa shape index (κ3) is 21.7. The molecule has 0 aromatic carbocycles. The topological polar surface area (TPSA) is 341 Å². The smallest absolute Gasteiger partial charge is 0.303 e. The molecule has 0 aromatic heterocycles. The average molecular weight is 894 g/mol. The Kier molecular flexibility index (Phi) is 26.8. The van der Waals surface area contributed by atoms with Crippen LogP contribution in [-0.4, -0.2) is 178 Å². The molecule has 2 aliphatic heterocycles. The monoisotopic (exact) mass is 893 g/mol. The number of unbranched alkanes of at least 4 members (excludes halogenated alkanes) is 5. The fourth-order valence-corrected chi connectivity index (χ4v) is 6.59. The van der Waals surface area contributed by atoms with Gasteiger partial charge in [0.1, 0.15) is 42.7 Å². The maximum atomic E-state index is 13.0. The number of amides is 5. The SMILES string of the molecule is C[C@@H]1O[C@@H](OCCNC(=O)CCCCC(=O)NCCCC[C@H](NC(=O)CCCCC(=O)NCCO[C@@H]2O[C@@H](C)[C@@H](O)[C@@H](O)[C@@H]2O)C(=O)NCCCCCC(=O)O)[C@@H](O)[C@H](O)[C@@H]1O. The van der Waals surface area contributed by atoms with Crippen LogP contribution < -0.4 is 26.6 Å². The van der Waals surface area contributed by atoms with Gasteiger partial charge < -0.3 is 81.3 Å². The van der Waals surface area contributed by atoms with Gasteiger partial charge in [0.15, 0.2) is 12.6 Å². The summed E-state index contributed by atoms with van der Waals surface area (Å²) in [5.41, 5.74) is 0. The van der Waals surface area contributed by atoms with Crippen molar-refractivity contribution in [3.05, 3.63) is 0 Å². The summed E-state index contributed by atoms with van der Waals surface area (Å²) in [7, 11) is 0. The van der Waals surface area contributed by atoms with Crippen LogP contribution in [0.25, 0.3) is 0 Å². The number of nitrogens with one attached hydrogen (secondary N) is 5. The molecule has 62 heavy (non-hydrogen) atoms. The van der Waals surface area contributed by atoms with Crippen molar-refractivity contribution in [2.45, 2.75) is 178 Å². The first-order chi connectivity index (χ1) is 29.5. The lowest BCUT2D eigenvalue weighted by Gasteiger charge is -2.38. The van der Waals surface area contributed by atoms with Gasteiger partial charge in [-0.3, -0.25) is 28.8 Å². The summed E-state index contributed by atoms with van der Waals surface area (Å²) in [6, 6.07) is -0.838. The van der Waals surface area contributed by atoms with E-state index in [4.69, 9.17) is 24.1 Å². The van der Waals surface area contributed by atoms with E-state index in [1.165, 1.54) is 13.8 Å². The Morgan fingerprint density at radius 3 is 1.35 bits per heavy atom. The van der Waals surface area contributed by atoms with Crippen LogP contribution in [0.1, 0.15) is 110 Å². The molecular formula is C40H71N5O17. The predicted molar refractivity (Wildman–Crippen MR) is 217 cm³/mol. The van der Waals surface area contributed by atoms with Crippen LogP contribution in [0.4, 0.5) is 0 Å². The number of ether oxygens (including phenoxy) is 4. The molecule has 22 nitrogen and oxygen atoms in total. The second-order valence-corrected chi connectivity index (χ2v) is 15.7. The summed E-state index contributed by atoms with van der Waals surface area (Å²) >= 11 is 0. The van der Waals surface area contributed by atoms with Crippen LogP contribution in [-0.2, 0) is 47.7 Å². The molecule has 5 amide bonds. The molecule has 358 valence electrons. The molecule has 0 spiro atoms. The fraction of sp³-hybridized carbons (Fsp3) is 0.850. The van der Waals surface area contributed by atoms with Crippen molar-refractivity contribution in [2.24, 2.45) is 0 Å². The summed E-state index contributed by atoms with van der Waals surface area (Å²) in [5, 5.41) is 81.8. The predicted octanol–water partition coefficient (Wildman–Crippen LogP) is -2.44. The minimum Gasteiger partial charge on any atom is -0.481 e. The molecule has 0 saturated carbocycles. The number of carbonyl (C=O) groups excluding carboxylic acids is 5. The molecule has 0 radical (unpaired) electrons. The molecule has 2 heterocycles. The van der Waals surface area contributed by atoms with Gasteiger partial charge >= 0.3 is 5.97 Å². The number of hydrogen-bond donors (Lipinski definition) is 12. The van der Waals surface area contributed by atoms with Gasteiger partial charge in [-0.1, -0.05) is 6.42 Å². The Bertz CT molecular complexity index is 1360. The first-order valence-corrected chi connectivity index (χ1v) is 21.7. The van der Waals surface area contributed by atoms with Crippen molar-refractivity contribution in [3.63, 3.8) is 0 Å². The van der Waals surface area contributed by atoms with E-state index >= 15 is 0 Å². The van der Waals surface area contributed by atoms with Gasteiger partial charge in [0.2, 0.25) is 29.5 Å².